The highest BCUT2D eigenvalue weighted by molar-refractivity contribution is 6.46. The molecule has 0 spiro atoms. The molecule has 0 aliphatic carbocycles. The standard InChI is InChI=1S/C16H13NO3/c1-11(17-20)15(18)13-9-5-6-10-14(13)16(19)12-7-3-2-4-8-12/h2-10,20H,1H3. The molecule has 0 heterocycles. The lowest BCUT2D eigenvalue weighted by atomic mass is 9.95. The molecule has 0 aliphatic rings. The second kappa shape index (κ2) is 5.93. The molecule has 0 saturated carbocycles. The van der Waals surface area contributed by atoms with Crippen LogP contribution in [0.5, 0.6) is 0 Å². The monoisotopic (exact) mass is 267 g/mol. The van der Waals surface area contributed by atoms with Gasteiger partial charge in [0.25, 0.3) is 0 Å². The van der Waals surface area contributed by atoms with Gasteiger partial charge in [-0.25, -0.2) is 0 Å². The Morgan fingerprint density at radius 2 is 1.45 bits per heavy atom. The number of hydrogen-bond acceptors (Lipinski definition) is 4. The summed E-state index contributed by atoms with van der Waals surface area (Å²) in [5.41, 5.74) is 0.980. The largest absolute Gasteiger partial charge is 0.411 e. The van der Waals surface area contributed by atoms with Gasteiger partial charge in [0.1, 0.15) is 5.71 Å². The van der Waals surface area contributed by atoms with E-state index in [2.05, 4.69) is 5.16 Å². The molecule has 100 valence electrons. The molecule has 0 atom stereocenters. The van der Waals surface area contributed by atoms with Crippen molar-refractivity contribution >= 4 is 17.3 Å². The summed E-state index contributed by atoms with van der Waals surface area (Å²) in [5.74, 6) is -0.701. The summed E-state index contributed by atoms with van der Waals surface area (Å²) in [6.45, 7) is 1.39. The van der Waals surface area contributed by atoms with Crippen LogP contribution < -0.4 is 0 Å². The number of carbonyl (C=O) groups is 2. The maximum Gasteiger partial charge on any atom is 0.211 e. The highest BCUT2D eigenvalue weighted by Gasteiger charge is 2.19. The highest BCUT2D eigenvalue weighted by Crippen LogP contribution is 2.15. The fourth-order valence-corrected chi connectivity index (χ4v) is 1.86. The fourth-order valence-electron chi connectivity index (χ4n) is 1.86. The van der Waals surface area contributed by atoms with Gasteiger partial charge in [-0.2, -0.15) is 0 Å². The van der Waals surface area contributed by atoms with Crippen molar-refractivity contribution in [1.29, 1.82) is 0 Å². The lowest BCUT2D eigenvalue weighted by Crippen LogP contribution is -2.16. The molecule has 0 aliphatic heterocycles. The maximum absolute atomic E-state index is 12.4. The van der Waals surface area contributed by atoms with Gasteiger partial charge >= 0.3 is 0 Å². The third kappa shape index (κ3) is 2.64. The van der Waals surface area contributed by atoms with Crippen LogP contribution in [0, 0.1) is 0 Å². The molecule has 0 radical (unpaired) electrons. The Labute approximate surface area is 116 Å². The molecule has 2 aromatic rings. The third-order valence-electron chi connectivity index (χ3n) is 2.93. The van der Waals surface area contributed by atoms with Gasteiger partial charge in [-0.05, 0) is 6.92 Å². The zero-order chi connectivity index (χ0) is 14.5. The molecule has 0 fully saturated rings. The Balaban J connectivity index is 2.49. The highest BCUT2D eigenvalue weighted by atomic mass is 16.4. The first-order valence-electron chi connectivity index (χ1n) is 6.07. The second-order valence-electron chi connectivity index (χ2n) is 4.26. The van der Waals surface area contributed by atoms with Crippen LogP contribution in [-0.4, -0.2) is 22.5 Å². The van der Waals surface area contributed by atoms with Gasteiger partial charge in [0.2, 0.25) is 5.78 Å². The third-order valence-corrected chi connectivity index (χ3v) is 2.93. The summed E-state index contributed by atoms with van der Waals surface area (Å²) in [6, 6.07) is 15.2. The topological polar surface area (TPSA) is 66.7 Å². The maximum atomic E-state index is 12.4. The van der Waals surface area contributed by atoms with Crippen molar-refractivity contribution in [3.63, 3.8) is 0 Å². The summed E-state index contributed by atoms with van der Waals surface area (Å²) in [6.07, 6.45) is 0. The zero-order valence-corrected chi connectivity index (χ0v) is 10.9. The van der Waals surface area contributed by atoms with E-state index in [1.54, 1.807) is 48.5 Å². The first-order valence-corrected chi connectivity index (χ1v) is 6.07. The van der Waals surface area contributed by atoms with E-state index in [0.717, 1.165) is 0 Å². The van der Waals surface area contributed by atoms with Gasteiger partial charge in [0.15, 0.2) is 5.78 Å². The number of Topliss-reactive ketones (excluding diaryl/α,β-unsaturated/α-hetero) is 1. The van der Waals surface area contributed by atoms with E-state index in [1.807, 2.05) is 6.07 Å². The SMILES string of the molecule is CC(=NO)C(=O)c1ccccc1C(=O)c1ccccc1. The molecule has 4 nitrogen and oxygen atoms in total. The Morgan fingerprint density at radius 3 is 2.05 bits per heavy atom. The predicted molar refractivity (Wildman–Crippen MR) is 75.5 cm³/mol. The van der Waals surface area contributed by atoms with Gasteiger partial charge in [0.05, 0.1) is 0 Å². The summed E-state index contributed by atoms with van der Waals surface area (Å²) in [7, 11) is 0. The van der Waals surface area contributed by atoms with Crippen molar-refractivity contribution in [3.05, 3.63) is 71.3 Å². The van der Waals surface area contributed by atoms with Crippen LogP contribution in [0.4, 0.5) is 0 Å². The van der Waals surface area contributed by atoms with E-state index >= 15 is 0 Å². The number of hydrogen-bond donors (Lipinski definition) is 1. The van der Waals surface area contributed by atoms with E-state index < -0.39 is 5.78 Å². The average molecular weight is 267 g/mol. The van der Waals surface area contributed by atoms with Gasteiger partial charge in [-0.1, -0.05) is 59.8 Å². The number of carbonyl (C=O) groups excluding carboxylic acids is 2. The van der Waals surface area contributed by atoms with Crippen molar-refractivity contribution in [2.24, 2.45) is 5.16 Å². The van der Waals surface area contributed by atoms with Crippen LogP contribution >= 0.6 is 0 Å². The molecule has 20 heavy (non-hydrogen) atoms. The van der Waals surface area contributed by atoms with Crippen LogP contribution in [0.1, 0.15) is 33.2 Å². The van der Waals surface area contributed by atoms with Gasteiger partial charge < -0.3 is 5.21 Å². The normalized spacial score (nSPS) is 11.2. The minimum absolute atomic E-state index is 0.0571. The number of benzene rings is 2. The van der Waals surface area contributed by atoms with E-state index in [0.29, 0.717) is 11.1 Å². The Kier molecular flexibility index (Phi) is 4.05. The van der Waals surface area contributed by atoms with Gasteiger partial charge in [-0.15, -0.1) is 0 Å². The van der Waals surface area contributed by atoms with Crippen molar-refractivity contribution in [3.8, 4) is 0 Å². The van der Waals surface area contributed by atoms with Crippen LogP contribution in [0.15, 0.2) is 59.8 Å². The minimum Gasteiger partial charge on any atom is -0.411 e. The van der Waals surface area contributed by atoms with Crippen molar-refractivity contribution in [2.45, 2.75) is 6.92 Å². The smallest absolute Gasteiger partial charge is 0.211 e. The molecular weight excluding hydrogens is 254 g/mol. The van der Waals surface area contributed by atoms with Crippen LogP contribution in [0.25, 0.3) is 0 Å². The van der Waals surface area contributed by atoms with Crippen LogP contribution in [0.2, 0.25) is 0 Å². The summed E-state index contributed by atoms with van der Waals surface area (Å²) < 4.78 is 0. The molecule has 0 unspecified atom stereocenters. The van der Waals surface area contributed by atoms with Crippen LogP contribution in [-0.2, 0) is 0 Å². The molecule has 2 aromatic carbocycles. The lowest BCUT2D eigenvalue weighted by Gasteiger charge is -2.07. The fraction of sp³-hybridized carbons (Fsp3) is 0.0625. The molecule has 0 saturated heterocycles. The van der Waals surface area contributed by atoms with Crippen molar-refractivity contribution in [2.75, 3.05) is 0 Å². The summed E-state index contributed by atoms with van der Waals surface area (Å²) in [4.78, 5) is 24.5. The molecule has 0 bridgehead atoms. The van der Waals surface area contributed by atoms with Crippen molar-refractivity contribution < 1.29 is 14.8 Å². The van der Waals surface area contributed by atoms with Gasteiger partial charge in [-0.3, -0.25) is 9.59 Å². The van der Waals surface area contributed by atoms with E-state index in [1.165, 1.54) is 6.92 Å². The molecule has 1 N–H and O–H groups in total. The number of oxime groups is 1. The van der Waals surface area contributed by atoms with Crippen LogP contribution in [0.3, 0.4) is 0 Å². The van der Waals surface area contributed by atoms with E-state index in [-0.39, 0.29) is 17.1 Å². The quantitative estimate of drug-likeness (QED) is 0.401. The average Bonchev–Trinajstić information content (AvgIpc) is 2.53. The lowest BCUT2D eigenvalue weighted by molar-refractivity contribution is 0.101. The Hall–Kier alpha value is -2.75. The number of ketones is 2. The van der Waals surface area contributed by atoms with Crippen molar-refractivity contribution in [1.82, 2.24) is 0 Å². The van der Waals surface area contributed by atoms with E-state index in [9.17, 15) is 9.59 Å². The summed E-state index contributed by atoms with van der Waals surface area (Å²) >= 11 is 0. The van der Waals surface area contributed by atoms with E-state index in [4.69, 9.17) is 5.21 Å². The minimum atomic E-state index is -0.465. The van der Waals surface area contributed by atoms with Gasteiger partial charge in [0, 0.05) is 16.7 Å². The number of rotatable bonds is 4. The molecule has 0 aromatic heterocycles. The first-order chi connectivity index (χ1) is 9.65. The Bertz CT molecular complexity index is 675. The first kappa shape index (κ1) is 13.7. The Morgan fingerprint density at radius 1 is 0.900 bits per heavy atom. The number of nitrogens with zero attached hydrogens (tertiary/aromatic N) is 1. The molecule has 0 amide bonds. The predicted octanol–water partition coefficient (Wildman–Crippen LogP) is 2.95. The molecular formula is C16H13NO3. The zero-order valence-electron chi connectivity index (χ0n) is 10.9. The summed E-state index contributed by atoms with van der Waals surface area (Å²) in [5, 5.41) is 11.6. The molecule has 2 rings (SSSR count). The second-order valence-corrected chi connectivity index (χ2v) is 4.26. The molecule has 4 heteroatoms.